The first-order valence-electron chi connectivity index (χ1n) is 10.7. The highest BCUT2D eigenvalue weighted by Gasteiger charge is 2.22. The molecule has 2 heterocycles. The molecule has 0 unspecified atom stereocenters. The Balaban J connectivity index is 1.25. The van der Waals surface area contributed by atoms with E-state index in [0.29, 0.717) is 15.8 Å². The van der Waals surface area contributed by atoms with Crippen molar-refractivity contribution in [2.45, 2.75) is 31.6 Å². The second-order valence-corrected chi connectivity index (χ2v) is 10.2. The Hall–Kier alpha value is -2.46. The van der Waals surface area contributed by atoms with E-state index >= 15 is 0 Å². The lowest BCUT2D eigenvalue weighted by Crippen LogP contribution is -2.01. The van der Waals surface area contributed by atoms with Crippen LogP contribution in [0.4, 0.5) is 0 Å². The van der Waals surface area contributed by atoms with Crippen LogP contribution in [0.1, 0.15) is 57.9 Å². The number of pyridine rings is 1. The summed E-state index contributed by atoms with van der Waals surface area (Å²) in [6.45, 7) is 0. The molecule has 1 saturated carbocycles. The Morgan fingerprint density at radius 2 is 1.84 bits per heavy atom. The molecule has 1 aliphatic carbocycles. The smallest absolute Gasteiger partial charge is 0.163 e. The Bertz CT molecular complexity index is 1320. The van der Waals surface area contributed by atoms with Gasteiger partial charge in [-0.2, -0.15) is 0 Å². The first-order valence-corrected chi connectivity index (χ1v) is 12.3. The Labute approximate surface area is 201 Å². The molecule has 2 nitrogen and oxygen atoms in total. The molecule has 5 heteroatoms. The number of aryl methyl sites for hydroxylation is 1. The summed E-state index contributed by atoms with van der Waals surface area (Å²) >= 11 is 13.8. The third kappa shape index (κ3) is 4.80. The highest BCUT2D eigenvalue weighted by molar-refractivity contribution is 7.23. The van der Waals surface area contributed by atoms with Gasteiger partial charge >= 0.3 is 0 Å². The van der Waals surface area contributed by atoms with Gasteiger partial charge in [-0.1, -0.05) is 71.7 Å². The number of carbonyl (C=O) groups is 1. The summed E-state index contributed by atoms with van der Waals surface area (Å²) in [5.74, 6) is 0.921. The van der Waals surface area contributed by atoms with Crippen LogP contribution in [0.2, 0.25) is 9.36 Å². The summed E-state index contributed by atoms with van der Waals surface area (Å²) in [6, 6.07) is 20.4. The molecule has 1 fully saturated rings. The monoisotopic (exact) mass is 477 g/mol. The van der Waals surface area contributed by atoms with E-state index < -0.39 is 0 Å². The molecule has 4 aromatic rings. The number of Topliss-reactive ketones (excluding diaryl/α,β-unsaturated/α-hetero) is 1. The lowest BCUT2D eigenvalue weighted by Gasteiger charge is -2.05. The van der Waals surface area contributed by atoms with Crippen LogP contribution in [0.3, 0.4) is 0 Å². The fourth-order valence-corrected chi connectivity index (χ4v) is 5.22. The van der Waals surface area contributed by atoms with Crippen LogP contribution >= 0.6 is 34.5 Å². The fourth-order valence-electron chi connectivity index (χ4n) is 3.80. The fraction of sp³-hybridized carbons (Fsp3) is 0.185. The molecule has 0 N–H and O–H groups in total. The van der Waals surface area contributed by atoms with Crippen molar-refractivity contribution >= 4 is 62.7 Å². The van der Waals surface area contributed by atoms with Crippen molar-refractivity contribution in [2.75, 3.05) is 0 Å². The van der Waals surface area contributed by atoms with E-state index in [0.717, 1.165) is 39.4 Å². The maximum Gasteiger partial charge on any atom is 0.163 e. The van der Waals surface area contributed by atoms with Crippen molar-refractivity contribution in [1.29, 1.82) is 0 Å². The standard InChI is InChI=1S/C27H21Cl2NOS/c28-25-26-24(32-27(25)29)15-13-22(30-26)12-6-18-2-1-3-21(16-18)23(31)14-7-17-4-8-19(9-5-17)20-10-11-20/h1-6,8-9,12-13,15-16,20H,7,10-11,14H2. The Morgan fingerprint density at radius 1 is 1.03 bits per heavy atom. The van der Waals surface area contributed by atoms with Crippen molar-refractivity contribution < 1.29 is 4.79 Å². The van der Waals surface area contributed by atoms with Crippen molar-refractivity contribution in [2.24, 2.45) is 0 Å². The third-order valence-electron chi connectivity index (χ3n) is 5.78. The van der Waals surface area contributed by atoms with Gasteiger partial charge in [-0.05, 0) is 66.1 Å². The minimum Gasteiger partial charge on any atom is -0.294 e. The third-order valence-corrected chi connectivity index (χ3v) is 7.71. The van der Waals surface area contributed by atoms with Crippen LogP contribution in [0, 0.1) is 0 Å². The van der Waals surface area contributed by atoms with Crippen LogP contribution < -0.4 is 0 Å². The largest absolute Gasteiger partial charge is 0.294 e. The normalized spacial score (nSPS) is 13.8. The van der Waals surface area contributed by atoms with Crippen molar-refractivity contribution in [3.05, 3.63) is 98.0 Å². The van der Waals surface area contributed by atoms with Crippen LogP contribution in [0.5, 0.6) is 0 Å². The number of ketones is 1. The second-order valence-electron chi connectivity index (χ2n) is 8.17. The van der Waals surface area contributed by atoms with Gasteiger partial charge < -0.3 is 0 Å². The molecule has 32 heavy (non-hydrogen) atoms. The van der Waals surface area contributed by atoms with Gasteiger partial charge in [-0.15, -0.1) is 11.3 Å². The minimum atomic E-state index is 0.158. The predicted molar refractivity (Wildman–Crippen MR) is 136 cm³/mol. The number of fused-ring (bicyclic) bond motifs is 1. The zero-order valence-electron chi connectivity index (χ0n) is 17.4. The Kier molecular flexibility index (Phi) is 6.14. The lowest BCUT2D eigenvalue weighted by molar-refractivity contribution is 0.0983. The molecule has 0 atom stereocenters. The van der Waals surface area contributed by atoms with Gasteiger partial charge in [0.05, 0.1) is 15.4 Å². The summed E-state index contributed by atoms with van der Waals surface area (Å²) in [5.41, 5.74) is 5.85. The van der Waals surface area contributed by atoms with Crippen LogP contribution in [-0.4, -0.2) is 10.8 Å². The molecule has 0 radical (unpaired) electrons. The molecule has 5 rings (SSSR count). The summed E-state index contributed by atoms with van der Waals surface area (Å²) in [4.78, 5) is 17.3. The van der Waals surface area contributed by atoms with E-state index in [9.17, 15) is 4.79 Å². The van der Waals surface area contributed by atoms with Crippen LogP contribution in [-0.2, 0) is 6.42 Å². The van der Waals surface area contributed by atoms with Gasteiger partial charge in [0, 0.05) is 12.0 Å². The van der Waals surface area contributed by atoms with Gasteiger partial charge in [0.15, 0.2) is 5.78 Å². The van der Waals surface area contributed by atoms with E-state index in [-0.39, 0.29) is 5.78 Å². The van der Waals surface area contributed by atoms with Crippen molar-refractivity contribution in [1.82, 2.24) is 4.98 Å². The number of halogens is 2. The maximum atomic E-state index is 12.8. The molecular weight excluding hydrogens is 457 g/mol. The summed E-state index contributed by atoms with van der Waals surface area (Å²) in [7, 11) is 0. The number of rotatable bonds is 7. The number of benzene rings is 2. The molecule has 0 amide bonds. The average molecular weight is 478 g/mol. The Morgan fingerprint density at radius 3 is 2.62 bits per heavy atom. The minimum absolute atomic E-state index is 0.158. The van der Waals surface area contributed by atoms with E-state index in [2.05, 4.69) is 29.2 Å². The maximum absolute atomic E-state index is 12.8. The van der Waals surface area contributed by atoms with Gasteiger partial charge in [0.25, 0.3) is 0 Å². The topological polar surface area (TPSA) is 30.0 Å². The SMILES string of the molecule is O=C(CCc1ccc(C2CC2)cc1)c1cccc(C=Cc2ccc3sc(Cl)c(Cl)c3n2)c1. The van der Waals surface area contributed by atoms with E-state index in [1.54, 1.807) is 0 Å². The lowest BCUT2D eigenvalue weighted by atomic mass is 10.00. The van der Waals surface area contributed by atoms with Gasteiger partial charge in [-0.3, -0.25) is 4.79 Å². The van der Waals surface area contributed by atoms with Crippen molar-refractivity contribution in [3.8, 4) is 0 Å². The first kappa shape index (κ1) is 21.4. The molecule has 2 aromatic heterocycles. The van der Waals surface area contributed by atoms with Crippen LogP contribution in [0.25, 0.3) is 22.4 Å². The molecule has 0 bridgehead atoms. The molecule has 160 valence electrons. The number of nitrogens with zero attached hydrogens (tertiary/aromatic N) is 1. The van der Waals surface area contributed by atoms with E-state index in [1.165, 1.54) is 35.3 Å². The molecule has 2 aromatic carbocycles. The first-order chi connectivity index (χ1) is 15.6. The molecule has 1 aliphatic rings. The zero-order chi connectivity index (χ0) is 22.1. The second kappa shape index (κ2) is 9.19. The van der Waals surface area contributed by atoms with E-state index in [1.807, 2.05) is 48.6 Å². The van der Waals surface area contributed by atoms with Gasteiger partial charge in [-0.25, -0.2) is 4.98 Å². The van der Waals surface area contributed by atoms with Crippen molar-refractivity contribution in [3.63, 3.8) is 0 Å². The molecule has 0 saturated heterocycles. The zero-order valence-corrected chi connectivity index (χ0v) is 19.7. The number of hydrogen-bond donors (Lipinski definition) is 0. The highest BCUT2D eigenvalue weighted by Crippen LogP contribution is 2.40. The highest BCUT2D eigenvalue weighted by atomic mass is 35.5. The number of hydrogen-bond acceptors (Lipinski definition) is 3. The molecule has 0 spiro atoms. The molecular formula is C27H21Cl2NOS. The summed E-state index contributed by atoms with van der Waals surface area (Å²) in [6.07, 6.45) is 7.77. The van der Waals surface area contributed by atoms with Gasteiger partial charge in [0.1, 0.15) is 9.85 Å². The number of aromatic nitrogens is 1. The van der Waals surface area contributed by atoms with E-state index in [4.69, 9.17) is 23.2 Å². The average Bonchev–Trinajstić information content (AvgIpc) is 3.63. The quantitative estimate of drug-likeness (QED) is 0.249. The summed E-state index contributed by atoms with van der Waals surface area (Å²) in [5, 5.41) is 0.497. The van der Waals surface area contributed by atoms with Crippen LogP contribution in [0.15, 0.2) is 60.7 Å². The number of carbonyl (C=O) groups excluding carboxylic acids is 1. The number of thiophene rings is 1. The van der Waals surface area contributed by atoms with Gasteiger partial charge in [0.2, 0.25) is 0 Å². The predicted octanol–water partition coefficient (Wildman–Crippen LogP) is 8.47. The molecule has 0 aliphatic heterocycles. The summed E-state index contributed by atoms with van der Waals surface area (Å²) < 4.78 is 1.52.